The molecule has 3 heterocycles. The summed E-state index contributed by atoms with van der Waals surface area (Å²) in [6.45, 7) is 2.48. The number of anilines is 1. The summed E-state index contributed by atoms with van der Waals surface area (Å²) in [5.41, 5.74) is 2.27. The van der Waals surface area contributed by atoms with Gasteiger partial charge in [-0.3, -0.25) is 4.98 Å². The Kier molecular flexibility index (Phi) is 4.66. The average molecular weight is 340 g/mol. The summed E-state index contributed by atoms with van der Waals surface area (Å²) < 4.78 is 9.91. The number of hydrogen-bond donors (Lipinski definition) is 1. The van der Waals surface area contributed by atoms with Crippen LogP contribution in [0, 0.1) is 0 Å². The van der Waals surface area contributed by atoms with E-state index in [0.29, 0.717) is 5.92 Å². The fraction of sp³-hybridized carbons (Fsp3) is 0.389. The number of para-hydroxylation sites is 1. The van der Waals surface area contributed by atoms with Crippen LogP contribution >= 0.6 is 11.5 Å². The minimum absolute atomic E-state index is 0.454. The van der Waals surface area contributed by atoms with Crippen LogP contribution in [0.1, 0.15) is 30.1 Å². The topological polar surface area (TPSA) is 59.9 Å². The highest BCUT2D eigenvalue weighted by molar-refractivity contribution is 7.09. The van der Waals surface area contributed by atoms with E-state index in [0.717, 1.165) is 55.5 Å². The summed E-state index contributed by atoms with van der Waals surface area (Å²) in [6.07, 6.45) is 4.93. The molecule has 3 aromatic rings. The van der Waals surface area contributed by atoms with Crippen LogP contribution < -0.4 is 5.32 Å². The summed E-state index contributed by atoms with van der Waals surface area (Å²) in [6, 6.07) is 10.4. The molecule has 1 aromatic carbocycles. The van der Waals surface area contributed by atoms with Gasteiger partial charge in [-0.2, -0.15) is 4.37 Å². The molecule has 1 saturated heterocycles. The summed E-state index contributed by atoms with van der Waals surface area (Å²) in [5, 5.41) is 5.48. The Balaban J connectivity index is 1.34. The Labute approximate surface area is 145 Å². The van der Waals surface area contributed by atoms with Gasteiger partial charge in [0.15, 0.2) is 0 Å². The number of fused-ring (bicyclic) bond motifs is 1. The fourth-order valence-corrected chi connectivity index (χ4v) is 3.67. The van der Waals surface area contributed by atoms with E-state index in [1.807, 2.05) is 24.4 Å². The number of nitrogens with zero attached hydrogens (tertiary/aromatic N) is 3. The Morgan fingerprint density at radius 3 is 3.00 bits per heavy atom. The van der Waals surface area contributed by atoms with Crippen LogP contribution in [0.3, 0.4) is 0 Å². The van der Waals surface area contributed by atoms with E-state index in [4.69, 9.17) is 4.74 Å². The van der Waals surface area contributed by atoms with Crippen molar-refractivity contribution >= 4 is 27.6 Å². The average Bonchev–Trinajstić information content (AvgIpc) is 3.11. The SMILES string of the molecule is c1ccc2ncc(CCNc3nc(C4CCOCC4)ns3)cc2c1. The van der Waals surface area contributed by atoms with Crippen molar-refractivity contribution in [3.05, 3.63) is 47.9 Å². The van der Waals surface area contributed by atoms with E-state index in [1.54, 1.807) is 0 Å². The zero-order chi connectivity index (χ0) is 16.2. The zero-order valence-electron chi connectivity index (χ0n) is 13.4. The lowest BCUT2D eigenvalue weighted by Gasteiger charge is -2.18. The molecule has 2 aromatic heterocycles. The number of rotatable bonds is 5. The zero-order valence-corrected chi connectivity index (χ0v) is 14.3. The van der Waals surface area contributed by atoms with Crippen molar-refractivity contribution in [3.63, 3.8) is 0 Å². The van der Waals surface area contributed by atoms with Crippen molar-refractivity contribution in [1.29, 1.82) is 0 Å². The number of nitrogens with one attached hydrogen (secondary N) is 1. The largest absolute Gasteiger partial charge is 0.381 e. The van der Waals surface area contributed by atoms with Gasteiger partial charge in [0.05, 0.1) is 5.52 Å². The molecular formula is C18H20N4OS. The highest BCUT2D eigenvalue weighted by atomic mass is 32.1. The molecule has 6 heteroatoms. The first kappa shape index (κ1) is 15.5. The van der Waals surface area contributed by atoms with E-state index >= 15 is 0 Å². The van der Waals surface area contributed by atoms with Crippen LogP contribution in [0.2, 0.25) is 0 Å². The molecule has 5 nitrogen and oxygen atoms in total. The lowest BCUT2D eigenvalue weighted by atomic mass is 10.00. The highest BCUT2D eigenvalue weighted by Crippen LogP contribution is 2.26. The molecule has 1 aliphatic rings. The van der Waals surface area contributed by atoms with Gasteiger partial charge in [0.2, 0.25) is 5.13 Å². The molecule has 0 bridgehead atoms. The molecule has 0 spiro atoms. The van der Waals surface area contributed by atoms with Crippen LogP contribution in [0.5, 0.6) is 0 Å². The third-order valence-electron chi connectivity index (χ3n) is 4.37. The van der Waals surface area contributed by atoms with Gasteiger partial charge in [-0.05, 0) is 37.0 Å². The second kappa shape index (κ2) is 7.23. The van der Waals surface area contributed by atoms with Gasteiger partial charge >= 0.3 is 0 Å². The van der Waals surface area contributed by atoms with E-state index in [9.17, 15) is 0 Å². The van der Waals surface area contributed by atoms with E-state index in [-0.39, 0.29) is 0 Å². The molecule has 24 heavy (non-hydrogen) atoms. The Morgan fingerprint density at radius 2 is 2.08 bits per heavy atom. The van der Waals surface area contributed by atoms with Crippen LogP contribution in [-0.2, 0) is 11.2 Å². The van der Waals surface area contributed by atoms with E-state index < -0.39 is 0 Å². The molecule has 124 valence electrons. The van der Waals surface area contributed by atoms with E-state index in [1.165, 1.54) is 22.5 Å². The van der Waals surface area contributed by atoms with Crippen molar-refractivity contribution < 1.29 is 4.74 Å². The smallest absolute Gasteiger partial charge is 0.202 e. The molecule has 0 unspecified atom stereocenters. The van der Waals surface area contributed by atoms with Gasteiger partial charge in [0, 0.05) is 48.8 Å². The maximum Gasteiger partial charge on any atom is 0.202 e. The van der Waals surface area contributed by atoms with Crippen LogP contribution in [0.25, 0.3) is 10.9 Å². The van der Waals surface area contributed by atoms with Gasteiger partial charge in [0.1, 0.15) is 5.82 Å². The maximum absolute atomic E-state index is 5.40. The summed E-state index contributed by atoms with van der Waals surface area (Å²) >= 11 is 1.45. The van der Waals surface area contributed by atoms with Gasteiger partial charge in [0.25, 0.3) is 0 Å². The summed E-state index contributed by atoms with van der Waals surface area (Å²) in [5.74, 6) is 1.42. The van der Waals surface area contributed by atoms with Gasteiger partial charge in [-0.1, -0.05) is 18.2 Å². The highest BCUT2D eigenvalue weighted by Gasteiger charge is 2.20. The minimum Gasteiger partial charge on any atom is -0.381 e. The lowest BCUT2D eigenvalue weighted by Crippen LogP contribution is -2.15. The second-order valence-electron chi connectivity index (χ2n) is 6.06. The predicted molar refractivity (Wildman–Crippen MR) is 96.6 cm³/mol. The van der Waals surface area contributed by atoms with Crippen molar-refractivity contribution in [1.82, 2.24) is 14.3 Å². The standard InChI is InChI=1S/C18H20N4OS/c1-2-4-16-15(3-1)11-13(12-20-16)5-8-19-18-21-17(22-24-18)14-6-9-23-10-7-14/h1-4,11-12,14H,5-10H2,(H,19,21,22). The first-order chi connectivity index (χ1) is 11.9. The number of pyridine rings is 1. The molecule has 0 saturated carbocycles. The van der Waals surface area contributed by atoms with Crippen LogP contribution in [0.15, 0.2) is 36.5 Å². The molecule has 1 N–H and O–H groups in total. The van der Waals surface area contributed by atoms with Crippen LogP contribution in [-0.4, -0.2) is 34.1 Å². The number of hydrogen-bond acceptors (Lipinski definition) is 6. The van der Waals surface area contributed by atoms with Crippen molar-refractivity contribution in [2.75, 3.05) is 25.1 Å². The summed E-state index contributed by atoms with van der Waals surface area (Å²) in [7, 11) is 0. The monoisotopic (exact) mass is 340 g/mol. The molecule has 1 aliphatic heterocycles. The predicted octanol–water partition coefficient (Wildman–Crippen LogP) is 3.63. The van der Waals surface area contributed by atoms with Gasteiger partial charge < -0.3 is 10.1 Å². The van der Waals surface area contributed by atoms with Gasteiger partial charge in [-0.25, -0.2) is 4.98 Å². The fourth-order valence-electron chi connectivity index (χ4n) is 3.00. The van der Waals surface area contributed by atoms with Crippen molar-refractivity contribution in [2.24, 2.45) is 0 Å². The molecule has 0 atom stereocenters. The molecule has 0 amide bonds. The first-order valence-corrected chi connectivity index (χ1v) is 9.15. The Morgan fingerprint density at radius 1 is 1.21 bits per heavy atom. The molecule has 0 radical (unpaired) electrons. The third kappa shape index (κ3) is 3.55. The second-order valence-corrected chi connectivity index (χ2v) is 6.81. The van der Waals surface area contributed by atoms with Crippen LogP contribution in [0.4, 0.5) is 5.13 Å². The molecule has 1 fully saturated rings. The third-order valence-corrected chi connectivity index (χ3v) is 5.05. The quantitative estimate of drug-likeness (QED) is 0.768. The van der Waals surface area contributed by atoms with Crippen molar-refractivity contribution in [2.45, 2.75) is 25.2 Å². The Hall–Kier alpha value is -2.05. The normalized spacial score (nSPS) is 15.7. The number of benzene rings is 1. The minimum atomic E-state index is 0.454. The molecule has 4 rings (SSSR count). The van der Waals surface area contributed by atoms with Crippen molar-refractivity contribution in [3.8, 4) is 0 Å². The first-order valence-electron chi connectivity index (χ1n) is 8.37. The lowest BCUT2D eigenvalue weighted by molar-refractivity contribution is 0.0838. The summed E-state index contributed by atoms with van der Waals surface area (Å²) in [4.78, 5) is 9.15. The molecular weight excluding hydrogens is 320 g/mol. The Bertz CT molecular complexity index is 813. The van der Waals surface area contributed by atoms with E-state index in [2.05, 4.69) is 31.8 Å². The maximum atomic E-state index is 5.40. The van der Waals surface area contributed by atoms with Gasteiger partial charge in [-0.15, -0.1) is 0 Å². The number of ether oxygens (including phenoxy) is 1. The number of aromatic nitrogens is 3. The molecule has 0 aliphatic carbocycles.